The molecule has 3 aromatic carbocycles. The molecule has 4 aromatic heterocycles. The van der Waals surface area contributed by atoms with E-state index >= 15 is 0 Å². The van der Waals surface area contributed by atoms with Crippen LogP contribution in [0.15, 0.2) is 85.1 Å². The zero-order chi connectivity index (χ0) is 18.9. The van der Waals surface area contributed by atoms with E-state index in [4.69, 9.17) is 0 Å². The van der Waals surface area contributed by atoms with Crippen LogP contribution in [0.5, 0.6) is 0 Å². The largest absolute Gasteiger partial charge is 0.365 e. The number of benzene rings is 3. The van der Waals surface area contributed by atoms with Crippen LogP contribution in [0.4, 0.5) is 0 Å². The van der Waals surface area contributed by atoms with Gasteiger partial charge in [0.25, 0.3) is 0 Å². The van der Waals surface area contributed by atoms with E-state index in [1.807, 2.05) is 10.7 Å². The third-order valence-corrected chi connectivity index (χ3v) is 6.68. The number of rotatable bonds is 1. The van der Waals surface area contributed by atoms with Gasteiger partial charge in [-0.25, -0.2) is 0 Å². The van der Waals surface area contributed by atoms with Crippen molar-refractivity contribution >= 4 is 60.3 Å². The van der Waals surface area contributed by atoms with Gasteiger partial charge in [-0.2, -0.15) is 5.10 Å². The number of hydrogen-bond acceptors (Lipinski definition) is 2. The second-order valence-electron chi connectivity index (χ2n) is 7.28. The Labute approximate surface area is 190 Å². The quantitative estimate of drug-likeness (QED) is 0.200. The summed E-state index contributed by atoms with van der Waals surface area (Å²) in [5, 5.41) is 15.5. The Morgan fingerprint density at radius 3 is 1.90 bits per heavy atom. The summed E-state index contributed by atoms with van der Waals surface area (Å²) in [7, 11) is 0. The van der Waals surface area contributed by atoms with Gasteiger partial charge >= 0.3 is 0 Å². The van der Waals surface area contributed by atoms with Gasteiger partial charge in [-0.3, -0.25) is 15.9 Å². The van der Waals surface area contributed by atoms with Crippen molar-refractivity contribution in [2.75, 3.05) is 0 Å². The van der Waals surface area contributed by atoms with Crippen molar-refractivity contribution in [1.29, 1.82) is 0 Å². The van der Waals surface area contributed by atoms with Gasteiger partial charge in [-0.1, -0.05) is 71.4 Å². The van der Waals surface area contributed by atoms with Gasteiger partial charge in [-0.05, 0) is 34.1 Å². The summed E-state index contributed by atoms with van der Waals surface area (Å²) in [6, 6.07) is 27.9. The topological polar surface area (TPSA) is 22.2 Å². The number of fused-ring (bicyclic) bond motifs is 9. The summed E-state index contributed by atoms with van der Waals surface area (Å²) < 4.78 is 4.40. The molecule has 0 spiro atoms. The van der Waals surface area contributed by atoms with Crippen LogP contribution in [-0.2, 0) is 21.1 Å². The molecule has 5 heteroatoms. The van der Waals surface area contributed by atoms with E-state index in [1.165, 1.54) is 43.0 Å². The maximum Gasteiger partial charge on any atom is 0.0711 e. The first-order chi connectivity index (χ1) is 14.4. The molecule has 0 N–H and O–H groups in total. The van der Waals surface area contributed by atoms with Crippen LogP contribution in [0, 0.1) is 5.38 Å². The molecule has 30 heavy (non-hydrogen) atoms. The molecule has 0 bridgehead atoms. The molecule has 4 heterocycles. The van der Waals surface area contributed by atoms with Crippen molar-refractivity contribution in [2.24, 2.45) is 0 Å². The van der Waals surface area contributed by atoms with E-state index in [9.17, 15) is 0 Å². The molecule has 0 amide bonds. The number of aromatic nitrogens is 3. The first-order valence-electron chi connectivity index (χ1n) is 9.59. The molecule has 0 unspecified atom stereocenters. The summed E-state index contributed by atoms with van der Waals surface area (Å²) in [6.07, 6.45) is 1.87. The molecule has 0 aliphatic carbocycles. The third kappa shape index (κ3) is 2.21. The van der Waals surface area contributed by atoms with Gasteiger partial charge < -0.3 is 4.57 Å². The Kier molecular flexibility index (Phi) is 3.89. The number of nitrogens with zero attached hydrogens (tertiary/aromatic N) is 3. The molecule has 7 rings (SSSR count). The van der Waals surface area contributed by atoms with E-state index in [0.29, 0.717) is 0 Å². The first-order valence-corrected chi connectivity index (χ1v) is 10.4. The zero-order valence-electron chi connectivity index (χ0n) is 15.6. The Bertz CT molecular complexity index is 1670. The summed E-state index contributed by atoms with van der Waals surface area (Å²) in [5.41, 5.74) is 4.59. The zero-order valence-corrected chi connectivity index (χ0v) is 18.7. The Hall–Kier alpha value is -2.94. The van der Waals surface area contributed by atoms with Crippen molar-refractivity contribution in [3.8, 4) is 5.00 Å². The Balaban J connectivity index is 0.00000175. The number of hydrogen-bond donors (Lipinski definition) is 0. The molecule has 146 valence electrons. The van der Waals surface area contributed by atoms with Crippen LogP contribution >= 0.6 is 11.3 Å². The van der Waals surface area contributed by atoms with Gasteiger partial charge in [0, 0.05) is 49.1 Å². The van der Waals surface area contributed by atoms with E-state index in [0.717, 1.165) is 11.0 Å². The van der Waals surface area contributed by atoms with Gasteiger partial charge in [0.2, 0.25) is 0 Å². The van der Waals surface area contributed by atoms with Crippen LogP contribution in [0.2, 0.25) is 0 Å². The van der Waals surface area contributed by atoms with Crippen molar-refractivity contribution in [2.45, 2.75) is 0 Å². The van der Waals surface area contributed by atoms with Crippen LogP contribution in [0.3, 0.4) is 0 Å². The minimum absolute atomic E-state index is 0. The monoisotopic (exact) mass is 583 g/mol. The van der Waals surface area contributed by atoms with Crippen LogP contribution in [0.25, 0.3) is 54.0 Å². The molecule has 0 atom stereocenters. The molecule has 0 aliphatic rings. The summed E-state index contributed by atoms with van der Waals surface area (Å²) in [6.45, 7) is 0. The number of pyridine rings is 1. The van der Waals surface area contributed by atoms with E-state index in [-0.39, 0.29) is 21.1 Å². The molecule has 0 radical (unpaired) electrons. The number of thiophene rings is 1. The van der Waals surface area contributed by atoms with Gasteiger partial charge in [-0.15, -0.1) is 5.39 Å². The van der Waals surface area contributed by atoms with Crippen molar-refractivity contribution < 1.29 is 21.1 Å². The number of para-hydroxylation sites is 2. The molecule has 0 aliphatic heterocycles. The summed E-state index contributed by atoms with van der Waals surface area (Å²) in [4.78, 5) is 0. The molecule has 0 fully saturated rings. The SMILES string of the molecule is [Pt].[c-]1sc(-n2c3ccccc3c3ccccc32)c2c3ccccc3c3ccnn3c12. The summed E-state index contributed by atoms with van der Waals surface area (Å²) >= 11 is 1.66. The molecule has 3 nitrogen and oxygen atoms in total. The van der Waals surface area contributed by atoms with Gasteiger partial charge in [0.15, 0.2) is 0 Å². The fourth-order valence-corrected chi connectivity index (χ4v) is 5.58. The van der Waals surface area contributed by atoms with Crippen LogP contribution in [-0.4, -0.2) is 14.2 Å². The minimum Gasteiger partial charge on any atom is -0.365 e. The Morgan fingerprint density at radius 2 is 1.23 bits per heavy atom. The van der Waals surface area contributed by atoms with E-state index in [1.54, 1.807) is 11.3 Å². The normalized spacial score (nSPS) is 11.7. The molecule has 0 saturated carbocycles. The van der Waals surface area contributed by atoms with Crippen LogP contribution < -0.4 is 0 Å². The fourth-order valence-electron chi connectivity index (χ4n) is 4.60. The molecule has 0 saturated heterocycles. The molecular weight excluding hydrogens is 569 g/mol. The maximum absolute atomic E-state index is 4.60. The van der Waals surface area contributed by atoms with Gasteiger partial charge in [0.05, 0.1) is 5.52 Å². The van der Waals surface area contributed by atoms with Crippen molar-refractivity contribution in [1.82, 2.24) is 14.2 Å². The minimum atomic E-state index is 0. The smallest absolute Gasteiger partial charge is 0.0711 e. The predicted octanol–water partition coefficient (Wildman–Crippen LogP) is 6.60. The van der Waals surface area contributed by atoms with E-state index in [2.05, 4.69) is 93.9 Å². The summed E-state index contributed by atoms with van der Waals surface area (Å²) in [5.74, 6) is 0. The standard InChI is InChI=1S/C25H14N3S.Pt/c1-2-10-19-18(9-1)22-13-14-26-28(22)23-15-29-25(24(19)23)27-20-11-5-3-7-16(20)17-8-4-6-12-21(17)27;/h1-14H;/q-1;. The van der Waals surface area contributed by atoms with Crippen molar-refractivity contribution in [3.05, 3.63) is 90.4 Å². The average molecular weight is 584 g/mol. The van der Waals surface area contributed by atoms with Crippen molar-refractivity contribution in [3.63, 3.8) is 0 Å². The third-order valence-electron chi connectivity index (χ3n) is 5.81. The van der Waals surface area contributed by atoms with Gasteiger partial charge in [0.1, 0.15) is 0 Å². The van der Waals surface area contributed by atoms with Crippen LogP contribution in [0.1, 0.15) is 0 Å². The Morgan fingerprint density at radius 1 is 0.667 bits per heavy atom. The fraction of sp³-hybridized carbons (Fsp3) is 0. The second-order valence-corrected chi connectivity index (χ2v) is 8.07. The second kappa shape index (κ2) is 6.53. The molecular formula is C25H14N3PtS-. The first kappa shape index (κ1) is 17.9. The van der Waals surface area contributed by atoms with E-state index < -0.39 is 0 Å². The predicted molar refractivity (Wildman–Crippen MR) is 121 cm³/mol. The maximum atomic E-state index is 4.60. The average Bonchev–Trinajstić information content (AvgIpc) is 3.49. The molecule has 7 aromatic rings.